The maximum absolute atomic E-state index is 13.9. The molecule has 20 heavy (non-hydrogen) atoms. The van der Waals surface area contributed by atoms with Crippen LogP contribution in [0.5, 0.6) is 0 Å². The van der Waals surface area contributed by atoms with Crippen LogP contribution in [0.2, 0.25) is 0 Å². The van der Waals surface area contributed by atoms with Crippen molar-refractivity contribution in [2.75, 3.05) is 25.0 Å². The van der Waals surface area contributed by atoms with E-state index in [1.807, 2.05) is 11.9 Å². The molecule has 1 saturated heterocycles. The largest absolute Gasteiger partial charge is 0.382 e. The molecule has 2 N–H and O–H groups in total. The average Bonchev–Trinajstić information content (AvgIpc) is 2.47. The Labute approximate surface area is 119 Å². The first-order valence-electron chi connectivity index (χ1n) is 7.30. The van der Waals surface area contributed by atoms with E-state index in [-0.39, 0.29) is 11.7 Å². The Hall–Kier alpha value is -1.62. The minimum absolute atomic E-state index is 0.245. The van der Waals surface area contributed by atoms with Gasteiger partial charge in [0.15, 0.2) is 0 Å². The molecule has 0 aromatic heterocycles. The topological polar surface area (TPSA) is 44.4 Å². The molecule has 0 unspecified atom stereocenters. The second-order valence-electron chi connectivity index (χ2n) is 5.08. The third-order valence-corrected chi connectivity index (χ3v) is 3.43. The molecule has 0 saturated carbocycles. The number of hydrazine groups is 1. The molecule has 1 aromatic carbocycles. The van der Waals surface area contributed by atoms with Crippen molar-refractivity contribution < 1.29 is 9.18 Å². The summed E-state index contributed by atoms with van der Waals surface area (Å²) in [5.41, 5.74) is 3.53. The Bertz CT molecular complexity index is 458. The summed E-state index contributed by atoms with van der Waals surface area (Å²) < 4.78 is 13.9. The number of halogens is 1. The molecule has 0 spiro atoms. The van der Waals surface area contributed by atoms with Crippen molar-refractivity contribution in [3.05, 3.63) is 29.6 Å². The summed E-state index contributed by atoms with van der Waals surface area (Å²) in [5, 5.41) is 4.91. The lowest BCUT2D eigenvalue weighted by molar-refractivity contribution is 0.0750. The number of piperidine rings is 1. The van der Waals surface area contributed by atoms with Gasteiger partial charge in [-0.25, -0.2) is 9.40 Å². The number of rotatable bonds is 5. The highest BCUT2D eigenvalue weighted by Crippen LogP contribution is 2.20. The summed E-state index contributed by atoms with van der Waals surface area (Å²) in [5.74, 6) is -0.630. The number of anilines is 1. The van der Waals surface area contributed by atoms with Crippen molar-refractivity contribution in [2.24, 2.45) is 0 Å². The van der Waals surface area contributed by atoms with Crippen LogP contribution >= 0.6 is 0 Å². The van der Waals surface area contributed by atoms with Gasteiger partial charge < -0.3 is 5.32 Å². The Morgan fingerprint density at radius 1 is 1.30 bits per heavy atom. The fourth-order valence-electron chi connectivity index (χ4n) is 2.35. The Morgan fingerprint density at radius 3 is 2.75 bits per heavy atom. The van der Waals surface area contributed by atoms with Gasteiger partial charge in [-0.2, -0.15) is 0 Å². The summed E-state index contributed by atoms with van der Waals surface area (Å²) in [4.78, 5) is 12.3. The highest BCUT2D eigenvalue weighted by Gasteiger charge is 2.18. The fourth-order valence-corrected chi connectivity index (χ4v) is 2.35. The van der Waals surface area contributed by atoms with Gasteiger partial charge >= 0.3 is 0 Å². The second kappa shape index (κ2) is 7.24. The number of amides is 1. The van der Waals surface area contributed by atoms with Crippen LogP contribution in [0.1, 0.15) is 43.0 Å². The van der Waals surface area contributed by atoms with Crippen LogP contribution in [-0.2, 0) is 0 Å². The molecule has 0 radical (unpaired) electrons. The molecule has 0 aliphatic carbocycles. The SMILES string of the molecule is CCCNc1c(F)cccc1C(=O)NN1CCCCC1. The number of carbonyl (C=O) groups is 1. The third kappa shape index (κ3) is 3.70. The van der Waals surface area contributed by atoms with Gasteiger partial charge in [-0.05, 0) is 31.4 Å². The minimum atomic E-state index is -0.384. The molecule has 1 heterocycles. The average molecular weight is 279 g/mol. The first-order valence-corrected chi connectivity index (χ1v) is 7.30. The Morgan fingerprint density at radius 2 is 2.05 bits per heavy atom. The van der Waals surface area contributed by atoms with Crippen LogP contribution in [0.4, 0.5) is 10.1 Å². The molecule has 1 fully saturated rings. The lowest BCUT2D eigenvalue weighted by atomic mass is 10.1. The van der Waals surface area contributed by atoms with Gasteiger partial charge in [0, 0.05) is 19.6 Å². The monoisotopic (exact) mass is 279 g/mol. The van der Waals surface area contributed by atoms with Crippen LogP contribution in [0, 0.1) is 5.82 Å². The number of hydrogen-bond acceptors (Lipinski definition) is 3. The van der Waals surface area contributed by atoms with Gasteiger partial charge in [0.25, 0.3) is 5.91 Å². The summed E-state index contributed by atoms with van der Waals surface area (Å²) in [7, 11) is 0. The number of hydrogen-bond donors (Lipinski definition) is 2. The number of nitrogens with zero attached hydrogens (tertiary/aromatic N) is 1. The van der Waals surface area contributed by atoms with Crippen molar-refractivity contribution in [2.45, 2.75) is 32.6 Å². The van der Waals surface area contributed by atoms with Crippen molar-refractivity contribution in [3.63, 3.8) is 0 Å². The van der Waals surface area contributed by atoms with E-state index in [1.165, 1.54) is 12.5 Å². The molecule has 0 atom stereocenters. The molecule has 110 valence electrons. The van der Waals surface area contributed by atoms with Crippen LogP contribution in [0.25, 0.3) is 0 Å². The molecule has 0 bridgehead atoms. The van der Waals surface area contributed by atoms with E-state index in [0.717, 1.165) is 32.4 Å². The van der Waals surface area contributed by atoms with E-state index in [0.29, 0.717) is 17.8 Å². The van der Waals surface area contributed by atoms with E-state index in [2.05, 4.69) is 10.7 Å². The predicted molar refractivity (Wildman–Crippen MR) is 78.1 cm³/mol. The fraction of sp³-hybridized carbons (Fsp3) is 0.533. The Balaban J connectivity index is 2.09. The standard InChI is InChI=1S/C15H22FN3O/c1-2-9-17-14-12(7-6-8-13(14)16)15(20)18-19-10-4-3-5-11-19/h6-8,17H,2-5,9-11H2,1H3,(H,18,20). The summed E-state index contributed by atoms with van der Waals surface area (Å²) >= 11 is 0. The smallest absolute Gasteiger partial charge is 0.267 e. The van der Waals surface area contributed by atoms with Crippen molar-refractivity contribution in [1.82, 2.24) is 10.4 Å². The maximum Gasteiger partial charge on any atom is 0.267 e. The zero-order valence-corrected chi connectivity index (χ0v) is 11.9. The molecule has 1 aliphatic rings. The van der Waals surface area contributed by atoms with E-state index >= 15 is 0 Å². The molecular formula is C15H22FN3O. The number of para-hydroxylation sites is 1. The third-order valence-electron chi connectivity index (χ3n) is 3.43. The van der Waals surface area contributed by atoms with Crippen LogP contribution in [0.15, 0.2) is 18.2 Å². The molecular weight excluding hydrogens is 257 g/mol. The molecule has 1 amide bonds. The number of carbonyl (C=O) groups excluding carboxylic acids is 1. The number of nitrogens with one attached hydrogen (secondary N) is 2. The van der Waals surface area contributed by atoms with Crippen LogP contribution < -0.4 is 10.7 Å². The zero-order chi connectivity index (χ0) is 14.4. The van der Waals surface area contributed by atoms with E-state index in [9.17, 15) is 9.18 Å². The van der Waals surface area contributed by atoms with Gasteiger partial charge in [0.2, 0.25) is 0 Å². The summed E-state index contributed by atoms with van der Waals surface area (Å²) in [6.07, 6.45) is 4.26. The van der Waals surface area contributed by atoms with E-state index < -0.39 is 0 Å². The molecule has 4 nitrogen and oxygen atoms in total. The molecule has 1 aliphatic heterocycles. The Kier molecular flexibility index (Phi) is 5.35. The highest BCUT2D eigenvalue weighted by molar-refractivity contribution is 5.99. The normalized spacial score (nSPS) is 15.9. The van der Waals surface area contributed by atoms with Crippen molar-refractivity contribution in [1.29, 1.82) is 0 Å². The molecule has 5 heteroatoms. The van der Waals surface area contributed by atoms with Gasteiger partial charge in [0.05, 0.1) is 11.3 Å². The van der Waals surface area contributed by atoms with E-state index in [1.54, 1.807) is 12.1 Å². The molecule has 1 aromatic rings. The first kappa shape index (κ1) is 14.8. The van der Waals surface area contributed by atoms with Crippen LogP contribution in [0.3, 0.4) is 0 Å². The van der Waals surface area contributed by atoms with Crippen LogP contribution in [-0.4, -0.2) is 30.6 Å². The lowest BCUT2D eigenvalue weighted by Gasteiger charge is -2.27. The summed E-state index contributed by atoms with van der Waals surface area (Å²) in [6, 6.07) is 4.59. The van der Waals surface area contributed by atoms with Gasteiger partial charge in [-0.15, -0.1) is 0 Å². The summed E-state index contributed by atoms with van der Waals surface area (Å²) in [6.45, 7) is 4.36. The zero-order valence-electron chi connectivity index (χ0n) is 11.9. The van der Waals surface area contributed by atoms with Gasteiger partial charge in [0.1, 0.15) is 5.82 Å². The molecule has 2 rings (SSSR count). The lowest BCUT2D eigenvalue weighted by Crippen LogP contribution is -2.45. The number of benzene rings is 1. The van der Waals surface area contributed by atoms with Crippen molar-refractivity contribution >= 4 is 11.6 Å². The second-order valence-corrected chi connectivity index (χ2v) is 5.08. The maximum atomic E-state index is 13.9. The van der Waals surface area contributed by atoms with Gasteiger partial charge in [-0.3, -0.25) is 10.2 Å². The predicted octanol–water partition coefficient (Wildman–Crippen LogP) is 2.78. The minimum Gasteiger partial charge on any atom is -0.382 e. The highest BCUT2D eigenvalue weighted by atomic mass is 19.1. The quantitative estimate of drug-likeness (QED) is 0.871. The van der Waals surface area contributed by atoms with Gasteiger partial charge in [-0.1, -0.05) is 19.4 Å². The van der Waals surface area contributed by atoms with E-state index in [4.69, 9.17) is 0 Å². The first-order chi connectivity index (χ1) is 9.72. The van der Waals surface area contributed by atoms with Crippen molar-refractivity contribution in [3.8, 4) is 0 Å².